The van der Waals surface area contributed by atoms with Crippen LogP contribution < -0.4 is 0 Å². The van der Waals surface area contributed by atoms with E-state index in [1.165, 1.54) is 44.1 Å². The van der Waals surface area contributed by atoms with E-state index in [9.17, 15) is 0 Å². The van der Waals surface area contributed by atoms with Crippen molar-refractivity contribution in [3.63, 3.8) is 0 Å². The predicted octanol–water partition coefficient (Wildman–Crippen LogP) is 5.05. The van der Waals surface area contributed by atoms with E-state index in [0.717, 1.165) is 6.54 Å². The first-order valence-electron chi connectivity index (χ1n) is 7.03. The van der Waals surface area contributed by atoms with E-state index >= 15 is 0 Å². The van der Waals surface area contributed by atoms with Gasteiger partial charge < -0.3 is 4.57 Å². The van der Waals surface area contributed by atoms with Gasteiger partial charge in [0.1, 0.15) is 0 Å². The molecule has 0 radical (unpaired) electrons. The van der Waals surface area contributed by atoms with Crippen LogP contribution in [0.3, 0.4) is 0 Å². The molecule has 0 saturated heterocycles. The van der Waals surface area contributed by atoms with Gasteiger partial charge in [-0.05, 0) is 57.9 Å². The molecule has 0 aliphatic carbocycles. The van der Waals surface area contributed by atoms with Gasteiger partial charge in [-0.1, -0.05) is 23.3 Å². The zero-order valence-electron chi connectivity index (χ0n) is 12.5. The van der Waals surface area contributed by atoms with Crippen molar-refractivity contribution in [1.29, 1.82) is 0 Å². The fourth-order valence-electron chi connectivity index (χ4n) is 3.48. The van der Waals surface area contributed by atoms with Crippen molar-refractivity contribution in [2.24, 2.45) is 0 Å². The minimum absolute atomic E-state index is 1.02. The molecule has 0 bridgehead atoms. The molecule has 1 heteroatoms. The number of rotatable bonds is 1. The van der Waals surface area contributed by atoms with E-state index in [0.29, 0.717) is 0 Å². The molecule has 19 heavy (non-hydrogen) atoms. The smallest absolute Gasteiger partial charge is 0.0521 e. The van der Waals surface area contributed by atoms with Gasteiger partial charge in [0.15, 0.2) is 0 Å². The van der Waals surface area contributed by atoms with Crippen molar-refractivity contribution in [2.75, 3.05) is 0 Å². The lowest BCUT2D eigenvalue weighted by atomic mass is 10.0. The van der Waals surface area contributed by atoms with Gasteiger partial charge in [0.2, 0.25) is 0 Å². The van der Waals surface area contributed by atoms with E-state index in [2.05, 4.69) is 63.5 Å². The highest BCUT2D eigenvalue weighted by molar-refractivity contribution is 6.10. The summed E-state index contributed by atoms with van der Waals surface area (Å²) >= 11 is 0. The Bertz CT molecular complexity index is 725. The first kappa shape index (κ1) is 12.3. The molecule has 0 unspecified atom stereocenters. The highest BCUT2D eigenvalue weighted by Gasteiger charge is 2.14. The number of benzene rings is 2. The Morgan fingerprint density at radius 2 is 1.16 bits per heavy atom. The van der Waals surface area contributed by atoms with E-state index in [1.807, 2.05) is 0 Å². The maximum atomic E-state index is 2.47. The van der Waals surface area contributed by atoms with Crippen LogP contribution in [0, 0.1) is 27.7 Å². The fourth-order valence-corrected chi connectivity index (χ4v) is 3.48. The fraction of sp³-hybridized carbons (Fsp3) is 0.333. The lowest BCUT2D eigenvalue weighted by Gasteiger charge is -2.08. The van der Waals surface area contributed by atoms with Gasteiger partial charge >= 0.3 is 0 Å². The van der Waals surface area contributed by atoms with Gasteiger partial charge in [-0.25, -0.2) is 0 Å². The molecule has 0 aliphatic heterocycles. The van der Waals surface area contributed by atoms with Crippen LogP contribution in [0.5, 0.6) is 0 Å². The van der Waals surface area contributed by atoms with Crippen LogP contribution in [0.1, 0.15) is 29.2 Å². The van der Waals surface area contributed by atoms with Gasteiger partial charge in [-0.15, -0.1) is 0 Å². The first-order chi connectivity index (χ1) is 9.02. The normalized spacial score (nSPS) is 11.6. The summed E-state index contributed by atoms with van der Waals surface area (Å²) < 4.78 is 2.47. The summed E-state index contributed by atoms with van der Waals surface area (Å²) in [6.45, 7) is 12.1. The quantitative estimate of drug-likeness (QED) is 0.570. The first-order valence-corrected chi connectivity index (χ1v) is 7.03. The van der Waals surface area contributed by atoms with Crippen molar-refractivity contribution in [3.05, 3.63) is 46.5 Å². The SMILES string of the molecule is CCn1c2c(C)cc(C)cc2c2cc(C)cc(C)c21. The summed E-state index contributed by atoms with van der Waals surface area (Å²) in [5.74, 6) is 0. The molecule has 1 nitrogen and oxygen atoms in total. The van der Waals surface area contributed by atoms with E-state index in [-0.39, 0.29) is 0 Å². The van der Waals surface area contributed by atoms with Gasteiger partial charge in [-0.3, -0.25) is 0 Å². The number of aromatic nitrogens is 1. The summed E-state index contributed by atoms with van der Waals surface area (Å²) in [4.78, 5) is 0. The predicted molar refractivity (Wildman–Crippen MR) is 84.1 cm³/mol. The van der Waals surface area contributed by atoms with Crippen molar-refractivity contribution < 1.29 is 0 Å². The molecular weight excluding hydrogens is 230 g/mol. The monoisotopic (exact) mass is 251 g/mol. The van der Waals surface area contributed by atoms with Crippen molar-refractivity contribution in [3.8, 4) is 0 Å². The van der Waals surface area contributed by atoms with Crippen LogP contribution in [0.25, 0.3) is 21.8 Å². The summed E-state index contributed by atoms with van der Waals surface area (Å²) in [6, 6.07) is 9.23. The van der Waals surface area contributed by atoms with Crippen molar-refractivity contribution >= 4 is 21.8 Å². The molecule has 0 amide bonds. The number of fused-ring (bicyclic) bond motifs is 3. The number of nitrogens with zero attached hydrogens (tertiary/aromatic N) is 1. The number of hydrogen-bond acceptors (Lipinski definition) is 0. The molecule has 98 valence electrons. The molecule has 1 aromatic heterocycles. The third kappa shape index (κ3) is 1.68. The van der Waals surface area contributed by atoms with Gasteiger partial charge in [0.05, 0.1) is 11.0 Å². The highest BCUT2D eigenvalue weighted by Crippen LogP contribution is 2.34. The molecule has 0 saturated carbocycles. The Morgan fingerprint density at radius 3 is 1.53 bits per heavy atom. The summed E-state index contributed by atoms with van der Waals surface area (Å²) in [7, 11) is 0. The molecule has 2 aromatic carbocycles. The zero-order valence-corrected chi connectivity index (χ0v) is 12.5. The Labute approximate surface area is 114 Å². The minimum atomic E-state index is 1.02. The van der Waals surface area contributed by atoms with E-state index < -0.39 is 0 Å². The van der Waals surface area contributed by atoms with Gasteiger partial charge in [0.25, 0.3) is 0 Å². The van der Waals surface area contributed by atoms with Crippen LogP contribution in [-0.4, -0.2) is 4.57 Å². The third-order valence-electron chi connectivity index (χ3n) is 4.04. The molecule has 3 rings (SSSR count). The Balaban J connectivity index is 2.66. The third-order valence-corrected chi connectivity index (χ3v) is 4.04. The number of hydrogen-bond donors (Lipinski definition) is 0. The van der Waals surface area contributed by atoms with Crippen LogP contribution in [0.4, 0.5) is 0 Å². The summed E-state index contributed by atoms with van der Waals surface area (Å²) in [6.07, 6.45) is 0. The molecule has 0 atom stereocenters. The topological polar surface area (TPSA) is 4.93 Å². The molecule has 0 aliphatic rings. The molecule has 3 aromatic rings. The number of aryl methyl sites for hydroxylation is 5. The van der Waals surface area contributed by atoms with Crippen molar-refractivity contribution in [1.82, 2.24) is 4.57 Å². The second kappa shape index (κ2) is 4.12. The molecule has 0 N–H and O–H groups in total. The van der Waals surface area contributed by atoms with Crippen LogP contribution >= 0.6 is 0 Å². The van der Waals surface area contributed by atoms with Crippen molar-refractivity contribution in [2.45, 2.75) is 41.2 Å². The average molecular weight is 251 g/mol. The Morgan fingerprint density at radius 1 is 0.737 bits per heavy atom. The Kier molecular flexibility index (Phi) is 2.67. The van der Waals surface area contributed by atoms with E-state index in [4.69, 9.17) is 0 Å². The Hall–Kier alpha value is -1.76. The standard InChI is InChI=1S/C18H21N/c1-6-19-17-13(4)7-11(2)9-15(17)16-10-12(3)8-14(5)18(16)19/h7-10H,6H2,1-5H3. The lowest BCUT2D eigenvalue weighted by Crippen LogP contribution is -1.96. The second-order valence-electron chi connectivity index (χ2n) is 5.70. The van der Waals surface area contributed by atoms with Crippen LogP contribution in [0.2, 0.25) is 0 Å². The largest absolute Gasteiger partial charge is 0.340 e. The van der Waals surface area contributed by atoms with Gasteiger partial charge in [0, 0.05) is 17.3 Å². The highest BCUT2D eigenvalue weighted by atomic mass is 15.0. The zero-order chi connectivity index (χ0) is 13.7. The summed E-state index contributed by atoms with van der Waals surface area (Å²) in [5, 5.41) is 2.81. The average Bonchev–Trinajstić information content (AvgIpc) is 2.63. The van der Waals surface area contributed by atoms with Crippen LogP contribution in [-0.2, 0) is 6.54 Å². The van der Waals surface area contributed by atoms with E-state index in [1.54, 1.807) is 0 Å². The van der Waals surface area contributed by atoms with Gasteiger partial charge in [-0.2, -0.15) is 0 Å². The molecule has 1 heterocycles. The molecular formula is C18H21N. The molecule has 0 spiro atoms. The maximum Gasteiger partial charge on any atom is 0.0521 e. The molecule has 0 fully saturated rings. The lowest BCUT2D eigenvalue weighted by molar-refractivity contribution is 0.822. The van der Waals surface area contributed by atoms with Crippen LogP contribution in [0.15, 0.2) is 24.3 Å². The minimum Gasteiger partial charge on any atom is -0.340 e. The summed E-state index contributed by atoms with van der Waals surface area (Å²) in [5.41, 5.74) is 8.25. The second-order valence-corrected chi connectivity index (χ2v) is 5.70. The maximum absolute atomic E-state index is 2.47.